The molecule has 1 aliphatic rings. The van der Waals surface area contributed by atoms with E-state index in [1.807, 2.05) is 0 Å². The minimum atomic E-state index is -0.832. The highest BCUT2D eigenvalue weighted by molar-refractivity contribution is 14.1. The highest BCUT2D eigenvalue weighted by Crippen LogP contribution is 2.14. The Morgan fingerprint density at radius 1 is 1.38 bits per heavy atom. The number of carbonyl (C=O) groups is 4. The van der Waals surface area contributed by atoms with Gasteiger partial charge < -0.3 is 10.6 Å². The number of amides is 3. The van der Waals surface area contributed by atoms with Gasteiger partial charge in [0.05, 0.1) is 6.42 Å². The zero-order valence-corrected chi connectivity index (χ0v) is 10.3. The highest BCUT2D eigenvalue weighted by atomic mass is 127. The predicted octanol–water partition coefficient (Wildman–Crippen LogP) is -0.727. The normalized spacial score (nSPS) is 17.4. The number of hydroxylamine groups is 2. The molecule has 0 aromatic rings. The minimum absolute atomic E-state index is 0.0373. The fourth-order valence-corrected chi connectivity index (χ4v) is 1.40. The van der Waals surface area contributed by atoms with Crippen molar-refractivity contribution < 1.29 is 24.0 Å². The van der Waals surface area contributed by atoms with Gasteiger partial charge >= 0.3 is 5.97 Å². The van der Waals surface area contributed by atoms with Crippen LogP contribution >= 0.6 is 22.6 Å². The molecule has 0 aromatic heterocycles. The molecule has 0 radical (unpaired) electrons. The molecule has 1 atom stereocenters. The first-order valence-corrected chi connectivity index (χ1v) is 5.66. The topological polar surface area (TPSA) is 107 Å². The van der Waals surface area contributed by atoms with Gasteiger partial charge in [-0.2, -0.15) is 0 Å². The van der Waals surface area contributed by atoms with Gasteiger partial charge in [0.25, 0.3) is 11.8 Å². The Morgan fingerprint density at radius 2 is 1.88 bits per heavy atom. The second-order valence-electron chi connectivity index (χ2n) is 3.12. The lowest BCUT2D eigenvalue weighted by atomic mass is 10.3. The Morgan fingerprint density at radius 3 is 2.31 bits per heavy atom. The van der Waals surface area contributed by atoms with E-state index in [0.717, 1.165) is 0 Å². The number of rotatable bonds is 4. The third-order valence-corrected chi connectivity index (χ3v) is 2.91. The van der Waals surface area contributed by atoms with E-state index in [1.54, 1.807) is 22.6 Å². The highest BCUT2D eigenvalue weighted by Gasteiger charge is 2.33. The van der Waals surface area contributed by atoms with Gasteiger partial charge in [-0.1, -0.05) is 22.6 Å². The van der Waals surface area contributed by atoms with E-state index in [-0.39, 0.29) is 19.3 Å². The first-order chi connectivity index (χ1) is 7.41. The number of nitrogens with zero attached hydrogens (tertiary/aromatic N) is 1. The van der Waals surface area contributed by atoms with Crippen molar-refractivity contribution in [2.75, 3.05) is 0 Å². The smallest absolute Gasteiger partial charge is 0.334 e. The molecule has 1 saturated heterocycles. The number of hydrogen-bond acceptors (Lipinski definition) is 5. The maximum atomic E-state index is 11.2. The number of carbonyl (C=O) groups excluding carboxylic acids is 4. The molecule has 0 saturated carbocycles. The molecule has 1 unspecified atom stereocenters. The molecule has 0 aliphatic carbocycles. The first kappa shape index (κ1) is 12.9. The molecule has 0 bridgehead atoms. The maximum absolute atomic E-state index is 11.2. The fourth-order valence-electron chi connectivity index (χ4n) is 1.04. The molecule has 7 nitrogen and oxygen atoms in total. The van der Waals surface area contributed by atoms with Crippen molar-refractivity contribution in [3.63, 3.8) is 0 Å². The lowest BCUT2D eigenvalue weighted by molar-refractivity contribution is -0.197. The number of primary amides is 1. The van der Waals surface area contributed by atoms with E-state index >= 15 is 0 Å². The predicted molar refractivity (Wildman–Crippen MR) is 58.8 cm³/mol. The largest absolute Gasteiger partial charge is 0.369 e. The van der Waals surface area contributed by atoms with Crippen LogP contribution in [0.15, 0.2) is 0 Å². The standard InChI is InChI=1S/C8H9IN2O5/c9-4(8(10)15)3-7(14)16-11-5(12)1-2-6(11)13/h4H,1-3H2,(H2,10,15). The minimum Gasteiger partial charge on any atom is -0.369 e. The van der Waals surface area contributed by atoms with Crippen LogP contribution in [0.2, 0.25) is 0 Å². The summed E-state index contributed by atoms with van der Waals surface area (Å²) in [6.45, 7) is 0. The Hall–Kier alpha value is -1.19. The summed E-state index contributed by atoms with van der Waals surface area (Å²) < 4.78 is -0.724. The quantitative estimate of drug-likeness (QED) is 0.413. The average molecular weight is 340 g/mol. The van der Waals surface area contributed by atoms with Gasteiger partial charge in [0.2, 0.25) is 5.91 Å². The summed E-state index contributed by atoms with van der Waals surface area (Å²) in [5, 5.41) is 0.437. The molecule has 88 valence electrons. The van der Waals surface area contributed by atoms with Gasteiger partial charge in [0, 0.05) is 12.8 Å². The van der Waals surface area contributed by atoms with Crippen LogP contribution in [-0.4, -0.2) is 32.7 Å². The first-order valence-electron chi connectivity index (χ1n) is 4.41. The summed E-state index contributed by atoms with van der Waals surface area (Å²) >= 11 is 1.68. The fraction of sp³-hybridized carbons (Fsp3) is 0.500. The molecule has 2 N–H and O–H groups in total. The van der Waals surface area contributed by atoms with E-state index in [9.17, 15) is 19.2 Å². The van der Waals surface area contributed by atoms with Gasteiger partial charge in [-0.15, -0.1) is 5.06 Å². The van der Waals surface area contributed by atoms with Crippen molar-refractivity contribution in [2.45, 2.75) is 23.2 Å². The number of alkyl halides is 1. The summed E-state index contributed by atoms with van der Waals surface area (Å²) in [6.07, 6.45) is -0.196. The van der Waals surface area contributed by atoms with E-state index in [1.165, 1.54) is 0 Å². The molecule has 16 heavy (non-hydrogen) atoms. The average Bonchev–Trinajstić information content (AvgIpc) is 2.49. The Labute approximate surface area is 104 Å². The molecule has 1 heterocycles. The van der Waals surface area contributed by atoms with E-state index in [2.05, 4.69) is 4.84 Å². The molecule has 1 aliphatic heterocycles. The Bertz CT molecular complexity index is 340. The third-order valence-electron chi connectivity index (χ3n) is 1.85. The lowest BCUT2D eigenvalue weighted by Gasteiger charge is -2.13. The number of hydrogen-bond donors (Lipinski definition) is 1. The molecule has 1 fully saturated rings. The van der Waals surface area contributed by atoms with E-state index in [0.29, 0.717) is 5.06 Å². The van der Waals surface area contributed by atoms with Crippen molar-refractivity contribution in [3.8, 4) is 0 Å². The van der Waals surface area contributed by atoms with Crippen molar-refractivity contribution >= 4 is 46.3 Å². The molecule has 0 aromatic carbocycles. The van der Waals surface area contributed by atoms with Crippen molar-refractivity contribution in [1.82, 2.24) is 5.06 Å². The second-order valence-corrected chi connectivity index (χ2v) is 4.62. The van der Waals surface area contributed by atoms with Crippen LogP contribution in [0.5, 0.6) is 0 Å². The molecular formula is C8H9IN2O5. The summed E-state index contributed by atoms with van der Waals surface area (Å²) in [4.78, 5) is 48.6. The SMILES string of the molecule is NC(=O)C(I)CC(=O)ON1C(=O)CCC1=O. The molecule has 0 spiro atoms. The van der Waals surface area contributed by atoms with Crippen LogP contribution in [0.1, 0.15) is 19.3 Å². The summed E-state index contributed by atoms with van der Waals surface area (Å²) in [5.41, 5.74) is 4.95. The third kappa shape index (κ3) is 3.15. The van der Waals surface area contributed by atoms with Crippen LogP contribution in [0.4, 0.5) is 0 Å². The molecular weight excluding hydrogens is 331 g/mol. The van der Waals surface area contributed by atoms with Gasteiger partial charge in [0.15, 0.2) is 0 Å². The van der Waals surface area contributed by atoms with Gasteiger partial charge in [-0.25, -0.2) is 4.79 Å². The summed E-state index contributed by atoms with van der Waals surface area (Å²) in [6, 6.07) is 0. The molecule has 3 amide bonds. The number of halogens is 1. The van der Waals surface area contributed by atoms with Crippen LogP contribution in [0.25, 0.3) is 0 Å². The van der Waals surface area contributed by atoms with Crippen molar-refractivity contribution in [2.24, 2.45) is 5.73 Å². The van der Waals surface area contributed by atoms with E-state index < -0.39 is 27.6 Å². The van der Waals surface area contributed by atoms with Gasteiger partial charge in [0.1, 0.15) is 3.92 Å². The maximum Gasteiger partial charge on any atom is 0.334 e. The van der Waals surface area contributed by atoms with Crippen LogP contribution in [-0.2, 0) is 24.0 Å². The molecule has 8 heteroatoms. The Balaban J connectivity index is 2.48. The van der Waals surface area contributed by atoms with Crippen molar-refractivity contribution in [3.05, 3.63) is 0 Å². The van der Waals surface area contributed by atoms with Crippen LogP contribution in [0, 0.1) is 0 Å². The zero-order chi connectivity index (χ0) is 12.3. The van der Waals surface area contributed by atoms with Crippen LogP contribution < -0.4 is 5.73 Å². The van der Waals surface area contributed by atoms with Crippen LogP contribution in [0.3, 0.4) is 0 Å². The summed E-state index contributed by atoms with van der Waals surface area (Å²) in [5.74, 6) is -2.59. The lowest BCUT2D eigenvalue weighted by Crippen LogP contribution is -2.34. The number of imide groups is 1. The van der Waals surface area contributed by atoms with Gasteiger partial charge in [-0.05, 0) is 0 Å². The Kier molecular flexibility index (Phi) is 4.21. The second kappa shape index (κ2) is 5.23. The zero-order valence-electron chi connectivity index (χ0n) is 8.14. The van der Waals surface area contributed by atoms with Crippen molar-refractivity contribution in [1.29, 1.82) is 0 Å². The summed E-state index contributed by atoms with van der Waals surface area (Å²) in [7, 11) is 0. The van der Waals surface area contributed by atoms with E-state index in [4.69, 9.17) is 5.73 Å². The monoisotopic (exact) mass is 340 g/mol. The molecule has 1 rings (SSSR count). The number of nitrogens with two attached hydrogens (primary N) is 1. The van der Waals surface area contributed by atoms with Gasteiger partial charge in [-0.3, -0.25) is 14.4 Å².